The molecule has 0 aromatic heterocycles. The number of hydrogen-bond acceptors (Lipinski definition) is 6. The van der Waals surface area contributed by atoms with Crippen molar-refractivity contribution in [2.75, 3.05) is 64.3 Å². The topological polar surface area (TPSA) is 86.3 Å². The van der Waals surface area contributed by atoms with E-state index in [1.165, 1.54) is 0 Å². The minimum atomic E-state index is -0.182. The normalized spacial score (nSPS) is 12.4. The Morgan fingerprint density at radius 3 is 2.00 bits per heavy atom. The van der Waals surface area contributed by atoms with Crippen LogP contribution in [0.3, 0.4) is 0 Å². The van der Waals surface area contributed by atoms with E-state index in [1.807, 2.05) is 48.5 Å². The maximum atomic E-state index is 13.2. The van der Waals surface area contributed by atoms with Gasteiger partial charge in [-0.1, -0.05) is 62.9 Å². The smallest absolute Gasteiger partial charge is 0.227 e. The van der Waals surface area contributed by atoms with E-state index in [4.69, 9.17) is 18.9 Å². The summed E-state index contributed by atoms with van der Waals surface area (Å²) in [5, 5.41) is 2.82. The second kappa shape index (κ2) is 17.6. The average Bonchev–Trinajstić information content (AvgIpc) is 2.94. The number of carbonyl (C=O) groups excluding carboxylic acids is 2. The summed E-state index contributed by atoms with van der Waals surface area (Å²) in [6, 6.07) is 15.4. The molecule has 8 heteroatoms. The van der Waals surface area contributed by atoms with Gasteiger partial charge in [-0.15, -0.1) is 0 Å². The molecule has 3 rings (SSSR count). The summed E-state index contributed by atoms with van der Waals surface area (Å²) < 4.78 is 22.1. The van der Waals surface area contributed by atoms with Crippen LogP contribution in [0.2, 0.25) is 0 Å². The molecule has 41 heavy (non-hydrogen) atoms. The molecule has 0 atom stereocenters. The molecule has 1 N–H and O–H groups in total. The number of amides is 2. The van der Waals surface area contributed by atoms with E-state index in [9.17, 15) is 9.59 Å². The Morgan fingerprint density at radius 2 is 1.32 bits per heavy atom. The zero-order chi connectivity index (χ0) is 29.3. The minimum absolute atomic E-state index is 0.107. The van der Waals surface area contributed by atoms with Gasteiger partial charge in [0.2, 0.25) is 11.8 Å². The van der Waals surface area contributed by atoms with E-state index in [0.29, 0.717) is 59.3 Å². The number of benzene rings is 2. The zero-order valence-corrected chi connectivity index (χ0v) is 24.7. The van der Waals surface area contributed by atoms with Crippen molar-refractivity contribution in [3.63, 3.8) is 0 Å². The third-order valence-electron chi connectivity index (χ3n) is 6.42. The molecule has 0 fully saturated rings. The average molecular weight is 565 g/mol. The lowest BCUT2D eigenvalue weighted by atomic mass is 9.93. The van der Waals surface area contributed by atoms with Crippen LogP contribution in [0.5, 0.6) is 0 Å². The Balaban J connectivity index is 1.23. The van der Waals surface area contributed by atoms with Gasteiger partial charge >= 0.3 is 0 Å². The van der Waals surface area contributed by atoms with Gasteiger partial charge in [-0.2, -0.15) is 0 Å². The minimum Gasteiger partial charge on any atom is -0.379 e. The molecule has 1 heterocycles. The summed E-state index contributed by atoms with van der Waals surface area (Å²) in [4.78, 5) is 27.3. The molecule has 1 aliphatic rings. The zero-order valence-electron chi connectivity index (χ0n) is 24.7. The molecule has 0 aliphatic carbocycles. The van der Waals surface area contributed by atoms with Crippen molar-refractivity contribution >= 4 is 17.5 Å². The van der Waals surface area contributed by atoms with Gasteiger partial charge in [0, 0.05) is 37.1 Å². The number of hydrogen-bond donors (Lipinski definition) is 1. The molecule has 0 saturated carbocycles. The summed E-state index contributed by atoms with van der Waals surface area (Å²) in [5.74, 6) is 6.10. The third-order valence-corrected chi connectivity index (χ3v) is 6.42. The highest BCUT2D eigenvalue weighted by Gasteiger charge is 2.21. The lowest BCUT2D eigenvalue weighted by Crippen LogP contribution is -2.34. The highest BCUT2D eigenvalue weighted by atomic mass is 16.6. The number of anilines is 1. The summed E-state index contributed by atoms with van der Waals surface area (Å²) in [7, 11) is 0. The van der Waals surface area contributed by atoms with Crippen molar-refractivity contribution in [1.29, 1.82) is 0 Å². The van der Waals surface area contributed by atoms with E-state index in [1.54, 1.807) is 4.90 Å². The summed E-state index contributed by atoms with van der Waals surface area (Å²) in [6.45, 7) is 11.6. The van der Waals surface area contributed by atoms with Crippen molar-refractivity contribution in [2.24, 2.45) is 5.41 Å². The molecule has 0 saturated heterocycles. The van der Waals surface area contributed by atoms with Crippen molar-refractivity contribution in [3.8, 4) is 11.8 Å². The van der Waals surface area contributed by atoms with Crippen LogP contribution in [0, 0.1) is 17.3 Å². The monoisotopic (exact) mass is 564 g/mol. The van der Waals surface area contributed by atoms with Crippen LogP contribution < -0.4 is 10.2 Å². The number of para-hydroxylation sites is 1. The van der Waals surface area contributed by atoms with E-state index < -0.39 is 0 Å². The number of fused-ring (bicyclic) bond motifs is 2. The van der Waals surface area contributed by atoms with E-state index in [-0.39, 0.29) is 30.1 Å². The van der Waals surface area contributed by atoms with Crippen LogP contribution in [0.1, 0.15) is 56.7 Å². The van der Waals surface area contributed by atoms with Gasteiger partial charge in [-0.05, 0) is 35.6 Å². The van der Waals surface area contributed by atoms with Crippen LogP contribution >= 0.6 is 0 Å². The fourth-order valence-corrected chi connectivity index (χ4v) is 4.05. The number of nitrogens with one attached hydrogen (secondary N) is 1. The van der Waals surface area contributed by atoms with Crippen LogP contribution in [-0.2, 0) is 35.1 Å². The summed E-state index contributed by atoms with van der Waals surface area (Å²) >= 11 is 0. The van der Waals surface area contributed by atoms with Crippen LogP contribution in [0.4, 0.5) is 5.69 Å². The molecular formula is C33H44N2O6. The molecule has 1 aliphatic heterocycles. The fraction of sp³-hybridized carbons (Fsp3) is 0.515. The lowest BCUT2D eigenvalue weighted by molar-refractivity contribution is -0.125. The lowest BCUT2D eigenvalue weighted by Gasteiger charge is -2.26. The summed E-state index contributed by atoms with van der Waals surface area (Å²) in [5.41, 5.74) is 3.74. The van der Waals surface area contributed by atoms with Crippen LogP contribution in [-0.4, -0.2) is 71.2 Å². The maximum absolute atomic E-state index is 13.2. The molecule has 8 nitrogen and oxygen atoms in total. The van der Waals surface area contributed by atoms with Gasteiger partial charge in [0.15, 0.2) is 0 Å². The Kier molecular flexibility index (Phi) is 13.8. The third kappa shape index (κ3) is 12.4. The number of carbonyl (C=O) groups is 2. The quantitative estimate of drug-likeness (QED) is 0.227. The number of ether oxygens (including phenoxy) is 4. The van der Waals surface area contributed by atoms with Crippen molar-refractivity contribution in [3.05, 3.63) is 65.2 Å². The van der Waals surface area contributed by atoms with Gasteiger partial charge in [0.25, 0.3) is 0 Å². The predicted molar refractivity (Wildman–Crippen MR) is 160 cm³/mol. The Morgan fingerprint density at radius 1 is 0.756 bits per heavy atom. The second-order valence-electron chi connectivity index (χ2n) is 11.0. The second-order valence-corrected chi connectivity index (χ2v) is 11.0. The highest BCUT2D eigenvalue weighted by molar-refractivity contribution is 5.96. The van der Waals surface area contributed by atoms with Crippen molar-refractivity contribution in [1.82, 2.24) is 5.32 Å². The van der Waals surface area contributed by atoms with E-state index in [0.717, 1.165) is 35.4 Å². The molecule has 0 spiro atoms. The SMILES string of the molecule is CC(C)(C)CCOCCOCCOCCOCCNC(=O)CCC(=O)N1Cc2ccccc2C#Cc2ccccc21. The molecule has 0 unspecified atom stereocenters. The Labute approximate surface area is 244 Å². The maximum Gasteiger partial charge on any atom is 0.227 e. The van der Waals surface area contributed by atoms with Gasteiger partial charge in [-0.25, -0.2) is 0 Å². The van der Waals surface area contributed by atoms with E-state index in [2.05, 4.69) is 37.9 Å². The Hall–Kier alpha value is -3.22. The number of rotatable bonds is 17. The van der Waals surface area contributed by atoms with E-state index >= 15 is 0 Å². The molecule has 2 aromatic carbocycles. The highest BCUT2D eigenvalue weighted by Crippen LogP contribution is 2.26. The molecule has 0 radical (unpaired) electrons. The van der Waals surface area contributed by atoms with Crippen LogP contribution in [0.25, 0.3) is 0 Å². The first-order valence-corrected chi connectivity index (χ1v) is 14.4. The van der Waals surface area contributed by atoms with Crippen molar-refractivity contribution in [2.45, 2.75) is 46.6 Å². The predicted octanol–water partition coefficient (Wildman–Crippen LogP) is 4.33. The number of nitrogens with zero attached hydrogens (tertiary/aromatic N) is 1. The molecular weight excluding hydrogens is 520 g/mol. The largest absolute Gasteiger partial charge is 0.379 e. The molecule has 2 aromatic rings. The van der Waals surface area contributed by atoms with Crippen LogP contribution in [0.15, 0.2) is 48.5 Å². The van der Waals surface area contributed by atoms with Crippen molar-refractivity contribution < 1.29 is 28.5 Å². The standard InChI is InChI=1S/C33H44N2O6/c1-33(2,3)16-18-38-20-22-40-24-25-41-23-21-39-19-17-34-31(36)14-15-32(37)35-26-29-10-5-4-8-27(29)12-13-28-9-6-7-11-30(28)35/h4-11H,14-26H2,1-3H3,(H,34,36). The van der Waals surface area contributed by atoms with Gasteiger partial charge in [0.05, 0.1) is 58.5 Å². The summed E-state index contributed by atoms with van der Waals surface area (Å²) in [6.07, 6.45) is 1.24. The molecule has 2 amide bonds. The first-order valence-electron chi connectivity index (χ1n) is 14.4. The van der Waals surface area contributed by atoms with Gasteiger partial charge < -0.3 is 29.2 Å². The first-order chi connectivity index (χ1) is 19.8. The fourth-order valence-electron chi connectivity index (χ4n) is 4.05. The molecule has 222 valence electrons. The van der Waals surface area contributed by atoms with Gasteiger partial charge in [0.1, 0.15) is 0 Å². The van der Waals surface area contributed by atoms with Gasteiger partial charge in [-0.3, -0.25) is 9.59 Å². The first kappa shape index (κ1) is 32.3. The molecule has 0 bridgehead atoms. The Bertz CT molecular complexity index is 1160.